The number of para-hydroxylation sites is 1. The predicted octanol–water partition coefficient (Wildman–Crippen LogP) is 3.03. The van der Waals surface area contributed by atoms with Gasteiger partial charge in [0.25, 0.3) is 0 Å². The molecule has 0 bridgehead atoms. The van der Waals surface area contributed by atoms with Gasteiger partial charge in [-0.25, -0.2) is 4.79 Å². The number of nitrogens with one attached hydrogen (secondary N) is 1. The van der Waals surface area contributed by atoms with Gasteiger partial charge in [-0.2, -0.15) is 5.10 Å². The summed E-state index contributed by atoms with van der Waals surface area (Å²) in [5.41, 5.74) is 3.13. The van der Waals surface area contributed by atoms with Crippen molar-refractivity contribution < 1.29 is 9.90 Å². The smallest absolute Gasteiger partial charge is 0.339 e. The minimum atomic E-state index is -0.955. The second-order valence-corrected chi connectivity index (χ2v) is 6.08. The van der Waals surface area contributed by atoms with Crippen LogP contribution >= 0.6 is 0 Å². The summed E-state index contributed by atoms with van der Waals surface area (Å²) in [4.78, 5) is 11.2. The van der Waals surface area contributed by atoms with Crippen LogP contribution in [0.5, 0.6) is 0 Å². The standard InChI is InChI=1S/C16H21N3O2/c1-16(2,3)12-7-5-6-8-13(12)17-10-14-11(15(20)21)9-18-19(14)4/h5-9,17H,10H2,1-4H3,(H,20,21). The molecule has 1 aromatic carbocycles. The van der Waals surface area contributed by atoms with Gasteiger partial charge in [0.15, 0.2) is 0 Å². The first-order chi connectivity index (χ1) is 9.80. The van der Waals surface area contributed by atoms with Crippen LogP contribution in [0.15, 0.2) is 30.5 Å². The Bertz CT molecular complexity index is 654. The van der Waals surface area contributed by atoms with Crippen LogP contribution in [0.2, 0.25) is 0 Å². The molecule has 0 saturated heterocycles. The summed E-state index contributed by atoms with van der Waals surface area (Å²) in [6.45, 7) is 6.88. The minimum absolute atomic E-state index is 0.0195. The van der Waals surface area contributed by atoms with Crippen molar-refractivity contribution in [1.82, 2.24) is 9.78 Å². The Kier molecular flexibility index (Phi) is 4.02. The van der Waals surface area contributed by atoms with Crippen LogP contribution in [-0.4, -0.2) is 20.9 Å². The molecule has 1 aromatic heterocycles. The molecule has 0 spiro atoms. The summed E-state index contributed by atoms with van der Waals surface area (Å²) in [6, 6.07) is 8.08. The number of hydrogen-bond acceptors (Lipinski definition) is 3. The van der Waals surface area contributed by atoms with Crippen molar-refractivity contribution in [3.05, 3.63) is 47.3 Å². The lowest BCUT2D eigenvalue weighted by Gasteiger charge is -2.23. The van der Waals surface area contributed by atoms with Gasteiger partial charge >= 0.3 is 5.97 Å². The van der Waals surface area contributed by atoms with Gasteiger partial charge in [0.05, 0.1) is 18.4 Å². The average Bonchev–Trinajstić information content (AvgIpc) is 2.77. The zero-order valence-electron chi connectivity index (χ0n) is 12.8. The fourth-order valence-corrected chi connectivity index (χ4v) is 2.32. The van der Waals surface area contributed by atoms with Crippen LogP contribution < -0.4 is 5.32 Å². The van der Waals surface area contributed by atoms with E-state index >= 15 is 0 Å². The lowest BCUT2D eigenvalue weighted by molar-refractivity contribution is 0.0695. The number of hydrogen-bond donors (Lipinski definition) is 2. The van der Waals surface area contributed by atoms with E-state index in [9.17, 15) is 9.90 Å². The maximum absolute atomic E-state index is 11.2. The first-order valence-corrected chi connectivity index (χ1v) is 6.88. The number of nitrogens with zero attached hydrogens (tertiary/aromatic N) is 2. The molecule has 0 aliphatic carbocycles. The Labute approximate surface area is 124 Å². The van der Waals surface area contributed by atoms with Crippen molar-refractivity contribution in [1.29, 1.82) is 0 Å². The number of rotatable bonds is 4. The van der Waals surface area contributed by atoms with Crippen molar-refractivity contribution >= 4 is 11.7 Å². The number of aryl methyl sites for hydroxylation is 1. The predicted molar refractivity (Wildman–Crippen MR) is 82.6 cm³/mol. The molecule has 5 nitrogen and oxygen atoms in total. The molecule has 1 heterocycles. The van der Waals surface area contributed by atoms with E-state index < -0.39 is 5.97 Å². The van der Waals surface area contributed by atoms with Gasteiger partial charge < -0.3 is 10.4 Å². The normalized spacial score (nSPS) is 11.4. The number of aromatic nitrogens is 2. The summed E-state index contributed by atoms with van der Waals surface area (Å²) in [6.07, 6.45) is 1.38. The summed E-state index contributed by atoms with van der Waals surface area (Å²) in [5, 5.41) is 16.5. The Balaban J connectivity index is 2.26. The second kappa shape index (κ2) is 5.60. The molecule has 0 atom stereocenters. The molecule has 0 unspecified atom stereocenters. The van der Waals surface area contributed by atoms with E-state index in [-0.39, 0.29) is 11.0 Å². The van der Waals surface area contributed by atoms with Gasteiger partial charge in [0, 0.05) is 12.7 Å². The van der Waals surface area contributed by atoms with Crippen molar-refractivity contribution in [2.24, 2.45) is 7.05 Å². The topological polar surface area (TPSA) is 67.2 Å². The maximum atomic E-state index is 11.2. The third-order valence-corrected chi connectivity index (χ3v) is 3.47. The molecule has 2 aromatic rings. The number of aromatic carboxylic acids is 1. The van der Waals surface area contributed by atoms with Gasteiger partial charge in [0.1, 0.15) is 5.56 Å². The van der Waals surface area contributed by atoms with Crippen molar-refractivity contribution in [3.8, 4) is 0 Å². The molecule has 112 valence electrons. The third-order valence-electron chi connectivity index (χ3n) is 3.47. The van der Waals surface area contributed by atoms with E-state index in [0.29, 0.717) is 12.2 Å². The van der Waals surface area contributed by atoms with E-state index in [1.807, 2.05) is 18.2 Å². The maximum Gasteiger partial charge on any atom is 0.339 e. The number of carboxylic acid groups (broad SMARTS) is 1. The van der Waals surface area contributed by atoms with Crippen LogP contribution in [0.4, 0.5) is 5.69 Å². The third kappa shape index (κ3) is 3.24. The van der Waals surface area contributed by atoms with Crippen molar-refractivity contribution in [3.63, 3.8) is 0 Å². The number of carbonyl (C=O) groups is 1. The van der Waals surface area contributed by atoms with Crippen LogP contribution in [-0.2, 0) is 19.0 Å². The summed E-state index contributed by atoms with van der Waals surface area (Å²) in [5.74, 6) is -0.955. The lowest BCUT2D eigenvalue weighted by atomic mass is 9.86. The van der Waals surface area contributed by atoms with E-state index in [1.54, 1.807) is 11.7 Å². The van der Waals surface area contributed by atoms with Crippen LogP contribution in [0.1, 0.15) is 42.4 Å². The SMILES string of the molecule is Cn1ncc(C(=O)O)c1CNc1ccccc1C(C)(C)C. The van der Waals surface area contributed by atoms with Crippen molar-refractivity contribution in [2.75, 3.05) is 5.32 Å². The van der Waals surface area contributed by atoms with E-state index in [2.05, 4.69) is 37.3 Å². The zero-order valence-corrected chi connectivity index (χ0v) is 12.8. The molecule has 5 heteroatoms. The molecule has 0 fully saturated rings. The summed E-state index contributed by atoms with van der Waals surface area (Å²) < 4.78 is 1.59. The Morgan fingerprint density at radius 1 is 1.33 bits per heavy atom. The largest absolute Gasteiger partial charge is 0.478 e. The van der Waals surface area contributed by atoms with E-state index in [4.69, 9.17) is 0 Å². The number of benzene rings is 1. The number of carboxylic acids is 1. The monoisotopic (exact) mass is 287 g/mol. The van der Waals surface area contributed by atoms with Gasteiger partial charge in [-0.05, 0) is 17.0 Å². The van der Waals surface area contributed by atoms with Gasteiger partial charge in [-0.1, -0.05) is 39.0 Å². The zero-order chi connectivity index (χ0) is 15.6. The fourth-order valence-electron chi connectivity index (χ4n) is 2.32. The second-order valence-electron chi connectivity index (χ2n) is 6.08. The first kappa shape index (κ1) is 15.1. The molecule has 2 N–H and O–H groups in total. The molecule has 0 aliphatic rings. The van der Waals surface area contributed by atoms with Crippen LogP contribution in [0.3, 0.4) is 0 Å². The molecule has 0 saturated carbocycles. The highest BCUT2D eigenvalue weighted by atomic mass is 16.4. The molecule has 0 radical (unpaired) electrons. The molecular weight excluding hydrogens is 266 g/mol. The lowest BCUT2D eigenvalue weighted by Crippen LogP contribution is -2.16. The highest BCUT2D eigenvalue weighted by Crippen LogP contribution is 2.29. The fraction of sp³-hybridized carbons (Fsp3) is 0.375. The summed E-state index contributed by atoms with van der Waals surface area (Å²) in [7, 11) is 1.75. The van der Waals surface area contributed by atoms with Crippen LogP contribution in [0.25, 0.3) is 0 Å². The van der Waals surface area contributed by atoms with E-state index in [0.717, 1.165) is 5.69 Å². The number of anilines is 1. The Morgan fingerprint density at radius 3 is 2.62 bits per heavy atom. The van der Waals surface area contributed by atoms with Gasteiger partial charge in [0.2, 0.25) is 0 Å². The summed E-state index contributed by atoms with van der Waals surface area (Å²) >= 11 is 0. The Morgan fingerprint density at radius 2 is 2.00 bits per heavy atom. The van der Waals surface area contributed by atoms with Gasteiger partial charge in [-0.3, -0.25) is 4.68 Å². The highest BCUT2D eigenvalue weighted by Gasteiger charge is 2.19. The highest BCUT2D eigenvalue weighted by molar-refractivity contribution is 5.88. The van der Waals surface area contributed by atoms with Crippen LogP contribution in [0, 0.1) is 0 Å². The molecule has 0 aliphatic heterocycles. The molecule has 21 heavy (non-hydrogen) atoms. The molecule has 0 amide bonds. The average molecular weight is 287 g/mol. The van der Waals surface area contributed by atoms with E-state index in [1.165, 1.54) is 11.8 Å². The first-order valence-electron chi connectivity index (χ1n) is 6.88. The molecular formula is C16H21N3O2. The quantitative estimate of drug-likeness (QED) is 0.907. The van der Waals surface area contributed by atoms with Gasteiger partial charge in [-0.15, -0.1) is 0 Å². The van der Waals surface area contributed by atoms with Crippen molar-refractivity contribution in [2.45, 2.75) is 32.7 Å². The minimum Gasteiger partial charge on any atom is -0.478 e. The Hall–Kier alpha value is -2.30. The molecule has 2 rings (SSSR count).